The molecule has 1 N–H and O–H groups in total. The van der Waals surface area contributed by atoms with E-state index in [2.05, 4.69) is 15.9 Å². The lowest BCUT2D eigenvalue weighted by atomic mass is 10.0. The van der Waals surface area contributed by atoms with E-state index in [1.54, 1.807) is 0 Å². The van der Waals surface area contributed by atoms with Gasteiger partial charge in [-0.15, -0.1) is 0 Å². The molecule has 0 amide bonds. The van der Waals surface area contributed by atoms with Crippen LogP contribution >= 0.6 is 15.9 Å². The van der Waals surface area contributed by atoms with Crippen LogP contribution in [0.4, 0.5) is 8.78 Å². The third-order valence-corrected chi connectivity index (χ3v) is 4.02. The Bertz CT molecular complexity index is 420. The number of hydrogen-bond acceptors (Lipinski definition) is 2. The zero-order valence-corrected chi connectivity index (χ0v) is 11.4. The summed E-state index contributed by atoms with van der Waals surface area (Å²) in [6.07, 6.45) is 2.64. The predicted molar refractivity (Wildman–Crippen MR) is 67.2 cm³/mol. The van der Waals surface area contributed by atoms with Crippen molar-refractivity contribution in [3.63, 3.8) is 0 Å². The van der Waals surface area contributed by atoms with Crippen LogP contribution in [-0.4, -0.2) is 17.8 Å². The number of aliphatic hydroxyl groups excluding tert-OH is 1. The molecule has 0 spiro atoms. The summed E-state index contributed by atoms with van der Waals surface area (Å²) in [4.78, 5) is 0. The van der Waals surface area contributed by atoms with Crippen LogP contribution in [0.3, 0.4) is 0 Å². The largest absolute Gasteiger partial charge is 0.388 e. The van der Waals surface area contributed by atoms with Gasteiger partial charge in [0.1, 0.15) is 0 Å². The predicted octanol–water partition coefficient (Wildman–Crippen LogP) is 3.72. The summed E-state index contributed by atoms with van der Waals surface area (Å²) in [7, 11) is 0. The minimum atomic E-state index is -0.955. The fourth-order valence-corrected chi connectivity index (χ4v) is 2.76. The van der Waals surface area contributed by atoms with E-state index in [4.69, 9.17) is 4.74 Å². The lowest BCUT2D eigenvalue weighted by Crippen LogP contribution is -2.09. The SMILES string of the molecule is OC(CCC1CCCO1)c1ccc(F)c(F)c1Br. The van der Waals surface area contributed by atoms with Gasteiger partial charge in [0.15, 0.2) is 11.6 Å². The van der Waals surface area contributed by atoms with Crippen LogP contribution in [-0.2, 0) is 4.74 Å². The van der Waals surface area contributed by atoms with Crippen molar-refractivity contribution in [2.24, 2.45) is 0 Å². The monoisotopic (exact) mass is 320 g/mol. The molecule has 18 heavy (non-hydrogen) atoms. The Hall–Kier alpha value is -0.520. The molecule has 1 saturated heterocycles. The third-order valence-electron chi connectivity index (χ3n) is 3.21. The number of rotatable bonds is 4. The zero-order chi connectivity index (χ0) is 13.1. The summed E-state index contributed by atoms with van der Waals surface area (Å²) in [5.74, 6) is -1.87. The van der Waals surface area contributed by atoms with E-state index >= 15 is 0 Å². The molecule has 5 heteroatoms. The Morgan fingerprint density at radius 3 is 2.89 bits per heavy atom. The van der Waals surface area contributed by atoms with E-state index in [-0.39, 0.29) is 10.6 Å². The maximum absolute atomic E-state index is 13.3. The fourth-order valence-electron chi connectivity index (χ4n) is 2.17. The lowest BCUT2D eigenvalue weighted by molar-refractivity contribution is 0.0809. The number of benzene rings is 1. The van der Waals surface area contributed by atoms with Gasteiger partial charge in [0.05, 0.1) is 16.7 Å². The topological polar surface area (TPSA) is 29.5 Å². The number of aliphatic hydroxyl groups is 1. The summed E-state index contributed by atoms with van der Waals surface area (Å²) in [6.45, 7) is 0.773. The van der Waals surface area contributed by atoms with E-state index in [1.807, 2.05) is 0 Å². The highest BCUT2D eigenvalue weighted by Crippen LogP contribution is 2.31. The first-order chi connectivity index (χ1) is 8.59. The standard InChI is InChI=1S/C13H15BrF2O2/c14-12-9(4-5-10(15)13(12)16)11(17)6-3-8-2-1-7-18-8/h4-5,8,11,17H,1-3,6-7H2. The van der Waals surface area contributed by atoms with Crippen molar-refractivity contribution >= 4 is 15.9 Å². The van der Waals surface area contributed by atoms with Gasteiger partial charge >= 0.3 is 0 Å². The maximum Gasteiger partial charge on any atom is 0.173 e. The second kappa shape index (κ2) is 6.08. The molecule has 0 saturated carbocycles. The molecule has 1 fully saturated rings. The van der Waals surface area contributed by atoms with E-state index in [1.165, 1.54) is 6.07 Å². The highest BCUT2D eigenvalue weighted by atomic mass is 79.9. The van der Waals surface area contributed by atoms with Gasteiger partial charge in [-0.25, -0.2) is 8.78 Å². The Labute approximate surface area is 113 Å². The molecule has 0 aromatic heterocycles. The second-order valence-corrected chi connectivity index (χ2v) is 5.29. The molecular formula is C13H15BrF2O2. The van der Waals surface area contributed by atoms with Crippen LogP contribution in [0.25, 0.3) is 0 Å². The van der Waals surface area contributed by atoms with Crippen LogP contribution in [0, 0.1) is 11.6 Å². The summed E-state index contributed by atoms with van der Waals surface area (Å²) in [5.41, 5.74) is 0.381. The Morgan fingerprint density at radius 2 is 2.22 bits per heavy atom. The van der Waals surface area contributed by atoms with Crippen LogP contribution < -0.4 is 0 Å². The fraction of sp³-hybridized carbons (Fsp3) is 0.538. The molecule has 0 bridgehead atoms. The molecule has 1 aromatic rings. The van der Waals surface area contributed by atoms with Crippen molar-refractivity contribution in [3.8, 4) is 0 Å². The van der Waals surface area contributed by atoms with Crippen molar-refractivity contribution in [1.29, 1.82) is 0 Å². The smallest absolute Gasteiger partial charge is 0.173 e. The van der Waals surface area contributed by atoms with Gasteiger partial charge in [-0.1, -0.05) is 6.07 Å². The zero-order valence-electron chi connectivity index (χ0n) is 9.83. The molecule has 0 radical (unpaired) electrons. The van der Waals surface area contributed by atoms with Gasteiger partial charge in [0.2, 0.25) is 0 Å². The van der Waals surface area contributed by atoms with Gasteiger partial charge in [0.25, 0.3) is 0 Å². The Kier molecular flexibility index (Phi) is 4.70. The average molecular weight is 321 g/mol. The van der Waals surface area contributed by atoms with E-state index < -0.39 is 17.7 Å². The summed E-state index contributed by atoms with van der Waals surface area (Å²) < 4.78 is 31.7. The van der Waals surface area contributed by atoms with Crippen LogP contribution in [0.1, 0.15) is 37.4 Å². The molecule has 2 unspecified atom stereocenters. The summed E-state index contributed by atoms with van der Waals surface area (Å²) >= 11 is 2.98. The average Bonchev–Trinajstić information content (AvgIpc) is 2.86. The van der Waals surface area contributed by atoms with Crippen molar-refractivity contribution in [2.45, 2.75) is 37.9 Å². The molecule has 2 rings (SSSR count). The second-order valence-electron chi connectivity index (χ2n) is 4.49. The Morgan fingerprint density at radius 1 is 1.44 bits per heavy atom. The molecule has 2 atom stereocenters. The van der Waals surface area contributed by atoms with E-state index in [9.17, 15) is 13.9 Å². The van der Waals surface area contributed by atoms with Gasteiger partial charge in [-0.05, 0) is 53.2 Å². The Balaban J connectivity index is 1.99. The van der Waals surface area contributed by atoms with Crippen molar-refractivity contribution in [3.05, 3.63) is 33.8 Å². The first-order valence-corrected chi connectivity index (χ1v) is 6.82. The normalized spacial score (nSPS) is 21.2. The highest BCUT2D eigenvalue weighted by Gasteiger charge is 2.20. The summed E-state index contributed by atoms with van der Waals surface area (Å²) in [5, 5.41) is 10.0. The molecule has 1 aliphatic heterocycles. The molecule has 0 aliphatic carbocycles. The summed E-state index contributed by atoms with van der Waals surface area (Å²) in [6, 6.07) is 2.44. The molecule has 1 aliphatic rings. The highest BCUT2D eigenvalue weighted by molar-refractivity contribution is 9.10. The molecule has 2 nitrogen and oxygen atoms in total. The van der Waals surface area contributed by atoms with Crippen LogP contribution in [0.2, 0.25) is 0 Å². The van der Waals surface area contributed by atoms with Crippen molar-refractivity contribution < 1.29 is 18.6 Å². The molecule has 1 aromatic carbocycles. The number of ether oxygens (including phenoxy) is 1. The molecule has 1 heterocycles. The third kappa shape index (κ3) is 3.08. The minimum Gasteiger partial charge on any atom is -0.388 e. The lowest BCUT2D eigenvalue weighted by Gasteiger charge is -2.15. The van der Waals surface area contributed by atoms with Crippen molar-refractivity contribution in [2.75, 3.05) is 6.61 Å². The van der Waals surface area contributed by atoms with Gasteiger partial charge in [-0.3, -0.25) is 0 Å². The number of halogens is 3. The number of hydrogen-bond donors (Lipinski definition) is 1. The van der Waals surface area contributed by atoms with Gasteiger partial charge in [0, 0.05) is 6.61 Å². The van der Waals surface area contributed by atoms with E-state index in [0.717, 1.165) is 31.9 Å². The van der Waals surface area contributed by atoms with Gasteiger partial charge in [-0.2, -0.15) is 0 Å². The van der Waals surface area contributed by atoms with Crippen molar-refractivity contribution in [1.82, 2.24) is 0 Å². The maximum atomic E-state index is 13.3. The van der Waals surface area contributed by atoms with Crippen LogP contribution in [0.5, 0.6) is 0 Å². The molecular weight excluding hydrogens is 306 g/mol. The van der Waals surface area contributed by atoms with Crippen LogP contribution in [0.15, 0.2) is 16.6 Å². The van der Waals surface area contributed by atoms with Gasteiger partial charge < -0.3 is 9.84 Å². The first-order valence-electron chi connectivity index (χ1n) is 6.02. The quantitative estimate of drug-likeness (QED) is 0.857. The minimum absolute atomic E-state index is 0.00217. The van der Waals surface area contributed by atoms with E-state index in [0.29, 0.717) is 12.0 Å². The first kappa shape index (κ1) is 13.9. The molecule has 100 valence electrons.